The van der Waals surface area contributed by atoms with Crippen LogP contribution in [0.25, 0.3) is 0 Å². The van der Waals surface area contributed by atoms with Gasteiger partial charge in [0.1, 0.15) is 0 Å². The number of amides is 1. The molecule has 0 spiro atoms. The highest BCUT2D eigenvalue weighted by Crippen LogP contribution is 2.22. The first-order valence-corrected chi connectivity index (χ1v) is 7.23. The molecule has 21 heavy (non-hydrogen) atoms. The van der Waals surface area contributed by atoms with Gasteiger partial charge in [-0.05, 0) is 50.3 Å². The van der Waals surface area contributed by atoms with Gasteiger partial charge >= 0.3 is 5.97 Å². The maximum atomic E-state index is 12.1. The fourth-order valence-corrected chi connectivity index (χ4v) is 2.59. The van der Waals surface area contributed by atoms with Crippen LogP contribution in [-0.4, -0.2) is 29.7 Å². The number of carboxylic acid groups (broad SMARTS) is 1. The molecule has 5 nitrogen and oxygen atoms in total. The average molecular weight is 291 g/mol. The van der Waals surface area contributed by atoms with Crippen molar-refractivity contribution in [3.05, 3.63) is 28.8 Å². The fourth-order valence-electron chi connectivity index (χ4n) is 2.59. The van der Waals surface area contributed by atoms with Crippen LogP contribution in [0, 0.1) is 13.8 Å². The van der Waals surface area contributed by atoms with Crippen molar-refractivity contribution in [2.75, 3.05) is 11.9 Å². The van der Waals surface area contributed by atoms with Gasteiger partial charge in [-0.2, -0.15) is 0 Å². The monoisotopic (exact) mass is 291 g/mol. The number of anilines is 1. The molecule has 2 rings (SSSR count). The van der Waals surface area contributed by atoms with Gasteiger partial charge in [0, 0.05) is 12.3 Å². The zero-order valence-corrected chi connectivity index (χ0v) is 12.4. The predicted molar refractivity (Wildman–Crippen MR) is 79.7 cm³/mol. The maximum absolute atomic E-state index is 12.1. The largest absolute Gasteiger partial charge is 0.478 e. The molecular formula is C16H21NO4. The molecule has 1 aliphatic heterocycles. The molecule has 1 aliphatic rings. The highest BCUT2D eigenvalue weighted by Gasteiger charge is 2.19. The lowest BCUT2D eigenvalue weighted by atomic mass is 10.0. The maximum Gasteiger partial charge on any atom is 0.336 e. The van der Waals surface area contributed by atoms with Crippen molar-refractivity contribution in [1.29, 1.82) is 0 Å². The first-order chi connectivity index (χ1) is 9.97. The lowest BCUT2D eigenvalue weighted by Gasteiger charge is -2.22. The molecule has 1 aromatic rings. The molecule has 2 N–H and O–H groups in total. The second-order valence-electron chi connectivity index (χ2n) is 5.53. The van der Waals surface area contributed by atoms with Gasteiger partial charge in [0.05, 0.1) is 18.1 Å². The summed E-state index contributed by atoms with van der Waals surface area (Å²) in [7, 11) is 0. The second kappa shape index (κ2) is 6.72. The topological polar surface area (TPSA) is 75.6 Å². The van der Waals surface area contributed by atoms with Crippen molar-refractivity contribution in [3.63, 3.8) is 0 Å². The van der Waals surface area contributed by atoms with Gasteiger partial charge in [-0.1, -0.05) is 6.07 Å². The summed E-state index contributed by atoms with van der Waals surface area (Å²) >= 11 is 0. The Morgan fingerprint density at radius 3 is 2.67 bits per heavy atom. The smallest absolute Gasteiger partial charge is 0.336 e. The molecule has 5 heteroatoms. The molecule has 0 bridgehead atoms. The minimum Gasteiger partial charge on any atom is -0.478 e. The van der Waals surface area contributed by atoms with E-state index in [0.717, 1.165) is 24.8 Å². The SMILES string of the molecule is Cc1cc(C)c(C(=O)O)cc1NC(=O)C[C@H]1CCCCO1. The van der Waals surface area contributed by atoms with Gasteiger partial charge in [-0.15, -0.1) is 0 Å². The van der Waals surface area contributed by atoms with E-state index in [-0.39, 0.29) is 17.6 Å². The Labute approximate surface area is 124 Å². The number of rotatable bonds is 4. The third-order valence-electron chi connectivity index (χ3n) is 3.76. The van der Waals surface area contributed by atoms with Crippen LogP contribution >= 0.6 is 0 Å². The van der Waals surface area contributed by atoms with E-state index in [0.29, 0.717) is 24.3 Å². The van der Waals surface area contributed by atoms with Crippen LogP contribution < -0.4 is 5.32 Å². The van der Waals surface area contributed by atoms with Gasteiger partial charge in [0.15, 0.2) is 0 Å². The van der Waals surface area contributed by atoms with Gasteiger partial charge in [-0.3, -0.25) is 4.79 Å². The highest BCUT2D eigenvalue weighted by molar-refractivity contribution is 5.95. The summed E-state index contributed by atoms with van der Waals surface area (Å²) in [6.07, 6.45) is 3.33. The van der Waals surface area contributed by atoms with Crippen molar-refractivity contribution in [1.82, 2.24) is 0 Å². The molecule has 1 atom stereocenters. The number of ether oxygens (including phenoxy) is 1. The number of carbonyl (C=O) groups excluding carboxylic acids is 1. The second-order valence-corrected chi connectivity index (χ2v) is 5.53. The number of carboxylic acids is 1. The van der Waals surface area contributed by atoms with E-state index in [1.165, 1.54) is 6.07 Å². The highest BCUT2D eigenvalue weighted by atomic mass is 16.5. The summed E-state index contributed by atoms with van der Waals surface area (Å²) in [6, 6.07) is 3.29. The van der Waals surface area contributed by atoms with Crippen molar-refractivity contribution in [2.24, 2.45) is 0 Å². The van der Waals surface area contributed by atoms with Crippen LogP contribution in [0.4, 0.5) is 5.69 Å². The molecule has 0 unspecified atom stereocenters. The summed E-state index contributed by atoms with van der Waals surface area (Å²) < 4.78 is 5.54. The Hall–Kier alpha value is -1.88. The van der Waals surface area contributed by atoms with Crippen molar-refractivity contribution < 1.29 is 19.4 Å². The number of benzene rings is 1. The quantitative estimate of drug-likeness (QED) is 0.894. The first-order valence-electron chi connectivity index (χ1n) is 7.23. The Morgan fingerprint density at radius 2 is 2.05 bits per heavy atom. The lowest BCUT2D eigenvalue weighted by Crippen LogP contribution is -2.25. The van der Waals surface area contributed by atoms with Gasteiger partial charge in [-0.25, -0.2) is 4.79 Å². The first kappa shape index (κ1) is 15.5. The lowest BCUT2D eigenvalue weighted by molar-refractivity contribution is -0.119. The zero-order chi connectivity index (χ0) is 15.4. The van der Waals surface area contributed by atoms with E-state index in [1.807, 2.05) is 6.92 Å². The van der Waals surface area contributed by atoms with E-state index in [2.05, 4.69) is 5.32 Å². The summed E-state index contributed by atoms with van der Waals surface area (Å²) in [5, 5.41) is 11.9. The van der Waals surface area contributed by atoms with Crippen LogP contribution in [0.15, 0.2) is 12.1 Å². The molecular weight excluding hydrogens is 270 g/mol. The molecule has 0 aliphatic carbocycles. The normalized spacial score (nSPS) is 18.3. The molecule has 1 saturated heterocycles. The number of aryl methyl sites for hydroxylation is 2. The van der Waals surface area contributed by atoms with Crippen LogP contribution in [0.5, 0.6) is 0 Å². The number of hydrogen-bond acceptors (Lipinski definition) is 3. The van der Waals surface area contributed by atoms with E-state index in [4.69, 9.17) is 9.84 Å². The van der Waals surface area contributed by atoms with Crippen molar-refractivity contribution >= 4 is 17.6 Å². The molecule has 1 heterocycles. The summed E-state index contributed by atoms with van der Waals surface area (Å²) in [5.41, 5.74) is 2.31. The summed E-state index contributed by atoms with van der Waals surface area (Å²) in [4.78, 5) is 23.2. The fraction of sp³-hybridized carbons (Fsp3) is 0.500. The number of aromatic carboxylic acids is 1. The van der Waals surface area contributed by atoms with E-state index in [1.54, 1.807) is 13.0 Å². The predicted octanol–water partition coefficient (Wildman–Crippen LogP) is 2.90. The molecule has 0 radical (unpaired) electrons. The van der Waals surface area contributed by atoms with Crippen molar-refractivity contribution in [3.8, 4) is 0 Å². The number of hydrogen-bond donors (Lipinski definition) is 2. The summed E-state index contributed by atoms with van der Waals surface area (Å²) in [6.45, 7) is 4.31. The molecule has 1 aromatic carbocycles. The summed E-state index contributed by atoms with van der Waals surface area (Å²) in [5.74, 6) is -1.12. The Balaban J connectivity index is 2.06. The van der Waals surface area contributed by atoms with E-state index in [9.17, 15) is 9.59 Å². The van der Waals surface area contributed by atoms with Crippen LogP contribution in [0.2, 0.25) is 0 Å². The third kappa shape index (κ3) is 4.04. The minimum atomic E-state index is -0.987. The van der Waals surface area contributed by atoms with Crippen molar-refractivity contribution in [2.45, 2.75) is 45.6 Å². The van der Waals surface area contributed by atoms with E-state index < -0.39 is 5.97 Å². The zero-order valence-electron chi connectivity index (χ0n) is 12.4. The third-order valence-corrected chi connectivity index (χ3v) is 3.76. The average Bonchev–Trinajstić information content (AvgIpc) is 2.42. The molecule has 1 fully saturated rings. The molecule has 0 saturated carbocycles. The number of carbonyl (C=O) groups is 2. The standard InChI is InChI=1S/C16H21NO4/c1-10-7-11(2)14(9-13(10)16(19)20)17-15(18)8-12-5-3-4-6-21-12/h7,9,12H,3-6,8H2,1-2H3,(H,17,18)(H,19,20)/t12-/m1/s1. The van der Waals surface area contributed by atoms with Gasteiger partial charge in [0.2, 0.25) is 5.91 Å². The number of nitrogens with one attached hydrogen (secondary N) is 1. The Kier molecular flexibility index (Phi) is 4.96. The van der Waals surface area contributed by atoms with Gasteiger partial charge < -0.3 is 15.2 Å². The van der Waals surface area contributed by atoms with E-state index >= 15 is 0 Å². The van der Waals surface area contributed by atoms with Gasteiger partial charge in [0.25, 0.3) is 0 Å². The molecule has 0 aromatic heterocycles. The Bertz CT molecular complexity index is 547. The minimum absolute atomic E-state index is 0.0246. The Morgan fingerprint density at radius 1 is 1.29 bits per heavy atom. The van der Waals surface area contributed by atoms with Crippen LogP contribution in [0.3, 0.4) is 0 Å². The van der Waals surface area contributed by atoms with Crippen LogP contribution in [-0.2, 0) is 9.53 Å². The van der Waals surface area contributed by atoms with Crippen LogP contribution in [0.1, 0.15) is 47.2 Å². The molecule has 1 amide bonds. The molecule has 114 valence electrons.